The lowest BCUT2D eigenvalue weighted by Gasteiger charge is -2.37. The number of hydrogen-bond donors (Lipinski definition) is 1. The van der Waals surface area contributed by atoms with Gasteiger partial charge in [-0.1, -0.05) is 12.1 Å². The molecule has 0 amide bonds. The van der Waals surface area contributed by atoms with Crippen molar-refractivity contribution in [3.63, 3.8) is 0 Å². The van der Waals surface area contributed by atoms with Crippen LogP contribution in [0.15, 0.2) is 47.6 Å². The molecule has 1 fully saturated rings. The first-order valence-corrected chi connectivity index (χ1v) is 10.2. The number of nitrogens with zero attached hydrogens (tertiary/aromatic N) is 4. The Morgan fingerprint density at radius 1 is 1.10 bits per heavy atom. The first-order chi connectivity index (χ1) is 14.2. The standard InChI is InChI=1S/C22H31N5O2/c1-4-23-22(25-17-18-9-10-19(28-3)20(16-18)29-5-2)27-14-12-26(13-15-27)21-8-6-7-11-24-21/h6-11,16H,4-5,12-15,17H2,1-3H3,(H,23,25). The van der Waals surface area contributed by atoms with Crippen molar-refractivity contribution in [3.8, 4) is 11.5 Å². The maximum Gasteiger partial charge on any atom is 0.194 e. The molecular weight excluding hydrogens is 366 g/mol. The van der Waals surface area contributed by atoms with E-state index >= 15 is 0 Å². The molecule has 2 aromatic rings. The Labute approximate surface area is 173 Å². The van der Waals surface area contributed by atoms with Crippen molar-refractivity contribution in [2.75, 3.05) is 51.3 Å². The summed E-state index contributed by atoms with van der Waals surface area (Å²) < 4.78 is 11.0. The Hall–Kier alpha value is -2.96. The quantitative estimate of drug-likeness (QED) is 0.573. The van der Waals surface area contributed by atoms with Gasteiger partial charge in [-0.3, -0.25) is 0 Å². The summed E-state index contributed by atoms with van der Waals surface area (Å²) in [7, 11) is 1.66. The second-order valence-corrected chi connectivity index (χ2v) is 6.75. The molecular formula is C22H31N5O2. The van der Waals surface area contributed by atoms with E-state index in [1.807, 2.05) is 43.5 Å². The lowest BCUT2D eigenvalue weighted by atomic mass is 10.2. The van der Waals surface area contributed by atoms with Gasteiger partial charge < -0.3 is 24.6 Å². The smallest absolute Gasteiger partial charge is 0.194 e. The van der Waals surface area contributed by atoms with Gasteiger partial charge in [-0.25, -0.2) is 9.98 Å². The summed E-state index contributed by atoms with van der Waals surface area (Å²) in [6.45, 7) is 9.78. The zero-order valence-corrected chi connectivity index (χ0v) is 17.6. The summed E-state index contributed by atoms with van der Waals surface area (Å²) in [4.78, 5) is 14.0. The second-order valence-electron chi connectivity index (χ2n) is 6.75. The first kappa shape index (κ1) is 20.8. The summed E-state index contributed by atoms with van der Waals surface area (Å²) in [6.07, 6.45) is 1.85. The minimum Gasteiger partial charge on any atom is -0.493 e. The number of methoxy groups -OCH3 is 1. The van der Waals surface area contributed by atoms with Crippen LogP contribution in [0.25, 0.3) is 0 Å². The molecule has 0 radical (unpaired) electrons. The SMILES string of the molecule is CCNC(=NCc1ccc(OC)c(OCC)c1)N1CCN(c2ccccn2)CC1. The highest BCUT2D eigenvalue weighted by Gasteiger charge is 2.20. The molecule has 0 atom stereocenters. The van der Waals surface area contributed by atoms with Crippen LogP contribution in [0.4, 0.5) is 5.82 Å². The Kier molecular flexibility index (Phi) is 7.55. The van der Waals surface area contributed by atoms with Gasteiger partial charge >= 0.3 is 0 Å². The van der Waals surface area contributed by atoms with Crippen LogP contribution in [-0.4, -0.2) is 62.3 Å². The molecule has 1 aromatic heterocycles. The van der Waals surface area contributed by atoms with Crippen molar-refractivity contribution in [1.82, 2.24) is 15.2 Å². The Morgan fingerprint density at radius 2 is 1.93 bits per heavy atom. The molecule has 7 nitrogen and oxygen atoms in total. The fourth-order valence-electron chi connectivity index (χ4n) is 3.37. The van der Waals surface area contributed by atoms with Gasteiger partial charge in [0.2, 0.25) is 0 Å². The summed E-state index contributed by atoms with van der Waals surface area (Å²) in [5.74, 6) is 3.49. The maximum absolute atomic E-state index is 5.68. The summed E-state index contributed by atoms with van der Waals surface area (Å²) in [5.41, 5.74) is 1.09. The molecule has 3 rings (SSSR count). The monoisotopic (exact) mass is 397 g/mol. The van der Waals surface area contributed by atoms with Gasteiger partial charge in [0.1, 0.15) is 5.82 Å². The number of anilines is 1. The van der Waals surface area contributed by atoms with Gasteiger partial charge in [-0.15, -0.1) is 0 Å². The number of nitrogens with one attached hydrogen (secondary N) is 1. The van der Waals surface area contributed by atoms with E-state index in [9.17, 15) is 0 Å². The molecule has 1 N–H and O–H groups in total. The lowest BCUT2D eigenvalue weighted by Crippen LogP contribution is -2.52. The van der Waals surface area contributed by atoms with Crippen LogP contribution < -0.4 is 19.7 Å². The van der Waals surface area contributed by atoms with Gasteiger partial charge in [0.05, 0.1) is 20.3 Å². The third-order valence-corrected chi connectivity index (χ3v) is 4.83. The fraction of sp³-hybridized carbons (Fsp3) is 0.455. The van der Waals surface area contributed by atoms with Crippen molar-refractivity contribution in [2.24, 2.45) is 4.99 Å². The van der Waals surface area contributed by atoms with E-state index in [0.717, 1.165) is 61.6 Å². The van der Waals surface area contributed by atoms with E-state index in [1.54, 1.807) is 7.11 Å². The van der Waals surface area contributed by atoms with Gasteiger partial charge in [0.15, 0.2) is 17.5 Å². The fourth-order valence-corrected chi connectivity index (χ4v) is 3.37. The number of guanidine groups is 1. The van der Waals surface area contributed by atoms with Crippen molar-refractivity contribution in [1.29, 1.82) is 0 Å². The third-order valence-electron chi connectivity index (χ3n) is 4.83. The van der Waals surface area contributed by atoms with E-state index in [1.165, 1.54) is 0 Å². The Bertz CT molecular complexity index is 789. The average Bonchev–Trinajstić information content (AvgIpc) is 2.78. The summed E-state index contributed by atoms with van der Waals surface area (Å²) in [6, 6.07) is 12.0. The van der Waals surface area contributed by atoms with Crippen LogP contribution in [0.5, 0.6) is 11.5 Å². The normalized spacial score (nSPS) is 14.7. The molecule has 1 saturated heterocycles. The minimum absolute atomic E-state index is 0.590. The molecule has 29 heavy (non-hydrogen) atoms. The maximum atomic E-state index is 5.68. The van der Waals surface area contributed by atoms with Gasteiger partial charge in [-0.2, -0.15) is 0 Å². The number of ether oxygens (including phenoxy) is 2. The van der Waals surface area contributed by atoms with Crippen molar-refractivity contribution in [3.05, 3.63) is 48.2 Å². The molecule has 1 aliphatic heterocycles. The largest absolute Gasteiger partial charge is 0.493 e. The van der Waals surface area contributed by atoms with E-state index < -0.39 is 0 Å². The van der Waals surface area contributed by atoms with Crippen molar-refractivity contribution in [2.45, 2.75) is 20.4 Å². The molecule has 0 saturated carbocycles. The van der Waals surface area contributed by atoms with Gasteiger partial charge in [0, 0.05) is 38.9 Å². The zero-order valence-electron chi connectivity index (χ0n) is 17.6. The van der Waals surface area contributed by atoms with E-state index in [4.69, 9.17) is 14.5 Å². The first-order valence-electron chi connectivity index (χ1n) is 10.2. The Morgan fingerprint density at radius 3 is 2.59 bits per heavy atom. The van der Waals surface area contributed by atoms with Crippen LogP contribution in [0.3, 0.4) is 0 Å². The molecule has 156 valence electrons. The number of hydrogen-bond acceptors (Lipinski definition) is 5. The number of aromatic nitrogens is 1. The van der Waals surface area contributed by atoms with Crippen molar-refractivity contribution < 1.29 is 9.47 Å². The predicted molar refractivity (Wildman–Crippen MR) is 117 cm³/mol. The highest BCUT2D eigenvalue weighted by molar-refractivity contribution is 5.80. The number of rotatable bonds is 7. The van der Waals surface area contributed by atoms with Crippen molar-refractivity contribution >= 4 is 11.8 Å². The molecule has 1 aromatic carbocycles. The van der Waals surface area contributed by atoms with Gasteiger partial charge in [0.25, 0.3) is 0 Å². The lowest BCUT2D eigenvalue weighted by molar-refractivity contribution is 0.310. The molecule has 2 heterocycles. The molecule has 0 spiro atoms. The third kappa shape index (κ3) is 5.53. The van der Waals surface area contributed by atoms with Gasteiger partial charge in [-0.05, 0) is 43.7 Å². The number of piperazine rings is 1. The highest BCUT2D eigenvalue weighted by atomic mass is 16.5. The molecule has 0 aliphatic carbocycles. The molecule has 1 aliphatic rings. The van der Waals surface area contributed by atoms with E-state index in [2.05, 4.69) is 33.1 Å². The summed E-state index contributed by atoms with van der Waals surface area (Å²) in [5, 5.41) is 3.43. The van der Waals surface area contributed by atoms with Crippen LogP contribution in [-0.2, 0) is 6.54 Å². The minimum atomic E-state index is 0.590. The topological polar surface area (TPSA) is 62.2 Å². The van der Waals surface area contributed by atoms with E-state index in [0.29, 0.717) is 13.2 Å². The van der Waals surface area contributed by atoms with E-state index in [-0.39, 0.29) is 0 Å². The number of benzene rings is 1. The van der Waals surface area contributed by atoms with Crippen LogP contribution in [0, 0.1) is 0 Å². The second kappa shape index (κ2) is 10.5. The molecule has 0 bridgehead atoms. The van der Waals surface area contributed by atoms with Crippen LogP contribution in [0.2, 0.25) is 0 Å². The zero-order chi connectivity index (χ0) is 20.5. The Balaban J connectivity index is 1.65. The van der Waals surface area contributed by atoms with Crippen LogP contribution in [0.1, 0.15) is 19.4 Å². The number of pyridine rings is 1. The average molecular weight is 398 g/mol. The predicted octanol–water partition coefficient (Wildman–Crippen LogP) is 2.78. The summed E-state index contributed by atoms with van der Waals surface area (Å²) >= 11 is 0. The number of aliphatic imine (C=N–C) groups is 1. The molecule has 7 heteroatoms. The van der Waals surface area contributed by atoms with Crippen LogP contribution >= 0.6 is 0 Å². The molecule has 0 unspecified atom stereocenters. The highest BCUT2D eigenvalue weighted by Crippen LogP contribution is 2.28.